The first-order valence-corrected chi connectivity index (χ1v) is 6.10. The number of carbonyl (C=O) groups excluding carboxylic acids is 1. The van der Waals surface area contributed by atoms with Gasteiger partial charge in [-0.05, 0) is 5.56 Å². The molecule has 0 heterocycles. The molecule has 1 rings (SSSR count). The summed E-state index contributed by atoms with van der Waals surface area (Å²) in [6.07, 6.45) is 0. The molecule has 1 unspecified atom stereocenters. The van der Waals surface area contributed by atoms with E-state index in [0.717, 1.165) is 5.75 Å². The molecule has 0 spiro atoms. The largest absolute Gasteiger partial charge is 0.468 e. The second-order valence-electron chi connectivity index (χ2n) is 3.13. The predicted molar refractivity (Wildman–Crippen MR) is 69.3 cm³/mol. The van der Waals surface area contributed by atoms with Crippen LogP contribution in [-0.2, 0) is 15.3 Å². The molecule has 1 aromatic carbocycles. The van der Waals surface area contributed by atoms with Gasteiger partial charge in [0.25, 0.3) is 0 Å². The summed E-state index contributed by atoms with van der Waals surface area (Å²) in [5, 5.41) is 6.50. The predicted octanol–water partition coefficient (Wildman–Crippen LogP) is 1.56. The van der Waals surface area contributed by atoms with Crippen molar-refractivity contribution in [1.29, 1.82) is 5.26 Å². The van der Waals surface area contributed by atoms with Crippen LogP contribution in [0.25, 0.3) is 0 Å². The molecular formula is C12H16N2O2S. The third-order valence-corrected chi connectivity index (χ3v) is 3.05. The van der Waals surface area contributed by atoms with E-state index in [1.54, 1.807) is 11.8 Å². The SMILES string of the molecule is C#N.COC(=O)C(N)CSCc1ccccc1. The second kappa shape index (κ2) is 9.70. The van der Waals surface area contributed by atoms with Gasteiger partial charge in [0.1, 0.15) is 6.04 Å². The van der Waals surface area contributed by atoms with Crippen LogP contribution in [0.15, 0.2) is 30.3 Å². The highest BCUT2D eigenvalue weighted by molar-refractivity contribution is 7.98. The third kappa shape index (κ3) is 6.61. The van der Waals surface area contributed by atoms with Crippen molar-refractivity contribution in [2.45, 2.75) is 11.8 Å². The lowest BCUT2D eigenvalue weighted by Crippen LogP contribution is -2.33. The Morgan fingerprint density at radius 3 is 2.59 bits per heavy atom. The molecule has 0 radical (unpaired) electrons. The van der Waals surface area contributed by atoms with Gasteiger partial charge >= 0.3 is 5.97 Å². The van der Waals surface area contributed by atoms with Gasteiger partial charge in [0.2, 0.25) is 0 Å². The number of nitriles is 1. The molecule has 0 saturated heterocycles. The molecule has 0 amide bonds. The number of thioether (sulfide) groups is 1. The lowest BCUT2D eigenvalue weighted by atomic mass is 10.2. The van der Waals surface area contributed by atoms with Gasteiger partial charge in [-0.15, -0.1) is 0 Å². The van der Waals surface area contributed by atoms with Crippen molar-refractivity contribution in [3.63, 3.8) is 0 Å². The van der Waals surface area contributed by atoms with Gasteiger partial charge in [-0.3, -0.25) is 4.79 Å². The van der Waals surface area contributed by atoms with Crippen LogP contribution in [0, 0.1) is 11.8 Å². The van der Waals surface area contributed by atoms with Crippen molar-refractivity contribution in [1.82, 2.24) is 0 Å². The average molecular weight is 252 g/mol. The van der Waals surface area contributed by atoms with Crippen molar-refractivity contribution in [2.24, 2.45) is 5.73 Å². The van der Waals surface area contributed by atoms with E-state index in [1.807, 2.05) is 18.2 Å². The molecule has 1 aromatic rings. The highest BCUT2D eigenvalue weighted by atomic mass is 32.2. The molecule has 5 heteroatoms. The van der Waals surface area contributed by atoms with Crippen LogP contribution in [0.1, 0.15) is 5.56 Å². The third-order valence-electron chi connectivity index (χ3n) is 1.91. The van der Waals surface area contributed by atoms with Gasteiger partial charge in [0.15, 0.2) is 0 Å². The number of hydrogen-bond acceptors (Lipinski definition) is 5. The molecule has 0 bridgehead atoms. The van der Waals surface area contributed by atoms with Crippen LogP contribution in [0.2, 0.25) is 0 Å². The maximum atomic E-state index is 11.0. The molecule has 4 nitrogen and oxygen atoms in total. The first-order valence-electron chi connectivity index (χ1n) is 4.95. The molecule has 92 valence electrons. The Hall–Kier alpha value is -1.51. The average Bonchev–Trinajstić information content (AvgIpc) is 2.41. The number of ether oxygens (including phenoxy) is 1. The van der Waals surface area contributed by atoms with Gasteiger partial charge < -0.3 is 10.5 Å². The Bertz CT molecular complexity index is 341. The van der Waals surface area contributed by atoms with E-state index >= 15 is 0 Å². The minimum Gasteiger partial charge on any atom is -0.468 e. The molecule has 0 fully saturated rings. The fourth-order valence-electron chi connectivity index (χ4n) is 1.10. The molecule has 17 heavy (non-hydrogen) atoms. The number of methoxy groups -OCH3 is 1. The quantitative estimate of drug-likeness (QED) is 0.805. The monoisotopic (exact) mass is 252 g/mol. The van der Waals surface area contributed by atoms with Crippen LogP contribution in [0.4, 0.5) is 0 Å². The molecule has 1 atom stereocenters. The van der Waals surface area contributed by atoms with Gasteiger partial charge in [-0.25, -0.2) is 5.26 Å². The van der Waals surface area contributed by atoms with Crippen molar-refractivity contribution in [3.05, 3.63) is 35.9 Å². The van der Waals surface area contributed by atoms with Crippen LogP contribution in [0.3, 0.4) is 0 Å². The van der Waals surface area contributed by atoms with Gasteiger partial charge in [-0.1, -0.05) is 30.3 Å². The summed E-state index contributed by atoms with van der Waals surface area (Å²) < 4.78 is 4.54. The first-order chi connectivity index (χ1) is 8.24. The molecule has 0 saturated carbocycles. The van der Waals surface area contributed by atoms with E-state index in [9.17, 15) is 4.79 Å². The van der Waals surface area contributed by atoms with Crippen molar-refractivity contribution >= 4 is 17.7 Å². The van der Waals surface area contributed by atoms with Crippen LogP contribution < -0.4 is 5.73 Å². The summed E-state index contributed by atoms with van der Waals surface area (Å²) in [4.78, 5) is 11.0. The Kier molecular flexibility index (Phi) is 8.84. The Labute approximate surface area is 106 Å². The minimum absolute atomic E-state index is 0.351. The normalized spacial score (nSPS) is 10.8. The number of nitrogens with zero attached hydrogens (tertiary/aromatic N) is 1. The first kappa shape index (κ1) is 15.5. The van der Waals surface area contributed by atoms with E-state index in [1.165, 1.54) is 12.7 Å². The highest BCUT2D eigenvalue weighted by Gasteiger charge is 2.12. The molecule has 0 aliphatic carbocycles. The maximum Gasteiger partial charge on any atom is 0.323 e. The number of carbonyl (C=O) groups is 1. The van der Waals surface area contributed by atoms with Gasteiger partial charge in [0, 0.05) is 18.1 Å². The zero-order chi connectivity index (χ0) is 13.1. The molecule has 0 aliphatic heterocycles. The second-order valence-corrected chi connectivity index (χ2v) is 4.16. The lowest BCUT2D eigenvalue weighted by molar-refractivity contribution is -0.141. The minimum atomic E-state index is -0.524. The Morgan fingerprint density at radius 1 is 1.47 bits per heavy atom. The molecule has 2 N–H and O–H groups in total. The molecule has 0 aliphatic rings. The Morgan fingerprint density at radius 2 is 2.06 bits per heavy atom. The Balaban J connectivity index is 0.00000121. The van der Waals surface area contributed by atoms with E-state index < -0.39 is 6.04 Å². The van der Waals surface area contributed by atoms with Gasteiger partial charge in [-0.2, -0.15) is 11.8 Å². The van der Waals surface area contributed by atoms with E-state index in [2.05, 4.69) is 23.4 Å². The maximum absolute atomic E-state index is 11.0. The fourth-order valence-corrected chi connectivity index (χ4v) is 2.03. The zero-order valence-corrected chi connectivity index (χ0v) is 10.5. The molecular weight excluding hydrogens is 236 g/mol. The summed E-state index contributed by atoms with van der Waals surface area (Å²) in [5.74, 6) is 1.10. The van der Waals surface area contributed by atoms with Crippen LogP contribution in [0.5, 0.6) is 0 Å². The van der Waals surface area contributed by atoms with E-state index in [4.69, 9.17) is 11.0 Å². The van der Waals surface area contributed by atoms with Crippen molar-refractivity contribution < 1.29 is 9.53 Å². The summed E-state index contributed by atoms with van der Waals surface area (Å²) in [6, 6.07) is 9.55. The number of rotatable bonds is 5. The van der Waals surface area contributed by atoms with E-state index in [0.29, 0.717) is 5.75 Å². The zero-order valence-electron chi connectivity index (χ0n) is 9.70. The van der Waals surface area contributed by atoms with Gasteiger partial charge in [0.05, 0.1) is 7.11 Å². The fraction of sp³-hybridized carbons (Fsp3) is 0.333. The number of hydrogen-bond donors (Lipinski definition) is 1. The number of benzene rings is 1. The number of esters is 1. The summed E-state index contributed by atoms with van der Waals surface area (Å²) >= 11 is 1.63. The smallest absolute Gasteiger partial charge is 0.323 e. The lowest BCUT2D eigenvalue weighted by Gasteiger charge is -2.08. The molecule has 0 aromatic heterocycles. The summed E-state index contributed by atoms with van der Waals surface area (Å²) in [5.41, 5.74) is 6.83. The highest BCUT2D eigenvalue weighted by Crippen LogP contribution is 2.12. The summed E-state index contributed by atoms with van der Waals surface area (Å²) in [6.45, 7) is 3.50. The topological polar surface area (TPSA) is 76.1 Å². The summed E-state index contributed by atoms with van der Waals surface area (Å²) in [7, 11) is 1.35. The van der Waals surface area contributed by atoms with Crippen LogP contribution >= 0.6 is 11.8 Å². The number of nitrogens with two attached hydrogens (primary N) is 1. The van der Waals surface area contributed by atoms with Crippen molar-refractivity contribution in [2.75, 3.05) is 12.9 Å². The van der Waals surface area contributed by atoms with E-state index in [-0.39, 0.29) is 5.97 Å². The van der Waals surface area contributed by atoms with Crippen LogP contribution in [-0.4, -0.2) is 24.9 Å². The standard InChI is InChI=1S/C11H15NO2S.CHN/c1-14-11(13)10(12)8-15-7-9-5-3-2-4-6-9;1-2/h2-6,10H,7-8,12H2,1H3;1H. The van der Waals surface area contributed by atoms with Crippen molar-refractivity contribution in [3.8, 4) is 6.57 Å².